The van der Waals surface area contributed by atoms with E-state index in [2.05, 4.69) is 15.6 Å². The molecule has 2 heterocycles. The molecule has 0 saturated heterocycles. The first-order chi connectivity index (χ1) is 13.3. The number of benzene rings is 1. The zero-order valence-electron chi connectivity index (χ0n) is 15.7. The molecule has 0 saturated carbocycles. The van der Waals surface area contributed by atoms with Crippen molar-refractivity contribution in [2.24, 2.45) is 0 Å². The van der Waals surface area contributed by atoms with Crippen molar-refractivity contribution >= 4 is 39.0 Å². The van der Waals surface area contributed by atoms with Crippen molar-refractivity contribution in [3.63, 3.8) is 0 Å². The van der Waals surface area contributed by atoms with Crippen LogP contribution in [0.15, 0.2) is 41.4 Å². The van der Waals surface area contributed by atoms with E-state index in [0.717, 1.165) is 5.69 Å². The molecule has 148 valence electrons. The number of aromatic nitrogens is 1. The molecule has 0 radical (unpaired) electrons. The number of nitrogens with one attached hydrogen (secondary N) is 3. The van der Waals surface area contributed by atoms with Gasteiger partial charge in [-0.3, -0.25) is 9.59 Å². The van der Waals surface area contributed by atoms with E-state index in [1.54, 1.807) is 30.5 Å². The van der Waals surface area contributed by atoms with Gasteiger partial charge >= 0.3 is 0 Å². The molecule has 1 aromatic carbocycles. The summed E-state index contributed by atoms with van der Waals surface area (Å²) < 4.78 is 25.3. The minimum absolute atomic E-state index is 0.00268. The second-order valence-corrected chi connectivity index (χ2v) is 8.75. The van der Waals surface area contributed by atoms with E-state index in [1.807, 2.05) is 19.0 Å². The van der Waals surface area contributed by atoms with E-state index in [4.69, 9.17) is 0 Å². The van der Waals surface area contributed by atoms with Crippen LogP contribution in [0.1, 0.15) is 11.3 Å². The molecule has 0 fully saturated rings. The third kappa shape index (κ3) is 4.49. The molecule has 1 aliphatic rings. The van der Waals surface area contributed by atoms with E-state index in [1.165, 1.54) is 12.1 Å². The number of fused-ring (bicyclic) bond motifs is 1. The summed E-state index contributed by atoms with van der Waals surface area (Å²) in [7, 11) is -0.110. The molecule has 0 aliphatic carbocycles. The fraction of sp³-hybridized carbons (Fsp3) is 0.263. The molecule has 0 bridgehead atoms. The molecule has 9 heteroatoms. The van der Waals surface area contributed by atoms with Crippen LogP contribution < -0.4 is 10.6 Å². The summed E-state index contributed by atoms with van der Waals surface area (Å²) in [6, 6.07) is 7.98. The number of rotatable bonds is 7. The van der Waals surface area contributed by atoms with Gasteiger partial charge in [0.15, 0.2) is 9.84 Å². The van der Waals surface area contributed by atoms with Crippen molar-refractivity contribution in [1.29, 1.82) is 0 Å². The van der Waals surface area contributed by atoms with Crippen LogP contribution in [-0.2, 0) is 19.4 Å². The predicted molar refractivity (Wildman–Crippen MR) is 107 cm³/mol. The Kier molecular flexibility index (Phi) is 5.66. The molecule has 3 rings (SSSR count). The van der Waals surface area contributed by atoms with Gasteiger partial charge in [-0.25, -0.2) is 8.42 Å². The zero-order valence-corrected chi connectivity index (χ0v) is 16.5. The van der Waals surface area contributed by atoms with Crippen LogP contribution in [0.25, 0.3) is 11.6 Å². The van der Waals surface area contributed by atoms with Gasteiger partial charge in [0, 0.05) is 36.2 Å². The summed E-state index contributed by atoms with van der Waals surface area (Å²) in [4.78, 5) is 29.1. The monoisotopic (exact) mass is 402 g/mol. The number of amides is 2. The highest BCUT2D eigenvalue weighted by molar-refractivity contribution is 7.92. The highest BCUT2D eigenvalue weighted by Gasteiger charge is 2.27. The Morgan fingerprint density at radius 2 is 2.04 bits per heavy atom. The summed E-state index contributed by atoms with van der Waals surface area (Å²) in [5.41, 5.74) is 2.13. The lowest BCUT2D eigenvalue weighted by Gasteiger charge is -2.11. The maximum absolute atomic E-state index is 12.6. The first-order valence-electron chi connectivity index (χ1n) is 8.71. The van der Waals surface area contributed by atoms with Crippen molar-refractivity contribution in [3.05, 3.63) is 47.8 Å². The third-order valence-electron chi connectivity index (χ3n) is 4.26. The van der Waals surface area contributed by atoms with Gasteiger partial charge in [-0.15, -0.1) is 0 Å². The summed E-state index contributed by atoms with van der Waals surface area (Å²) >= 11 is 0. The molecule has 3 N–H and O–H groups in total. The van der Waals surface area contributed by atoms with Gasteiger partial charge in [0.1, 0.15) is 5.75 Å². The number of likely N-dealkylation sites (N-methyl/N-ethyl adjacent to an activating group) is 1. The highest BCUT2D eigenvalue weighted by Crippen LogP contribution is 2.34. The molecular formula is C19H22N4O4S. The maximum Gasteiger partial charge on any atom is 0.256 e. The number of carbonyl (C=O) groups is 2. The number of H-pyrrole nitrogens is 1. The van der Waals surface area contributed by atoms with Crippen LogP contribution in [0.4, 0.5) is 5.69 Å². The summed E-state index contributed by atoms with van der Waals surface area (Å²) in [5, 5.41) is 5.31. The van der Waals surface area contributed by atoms with Crippen LogP contribution in [-0.4, -0.2) is 63.1 Å². The summed E-state index contributed by atoms with van der Waals surface area (Å²) in [6.45, 7) is 0.984. The number of carbonyl (C=O) groups excluding carboxylic acids is 2. The van der Waals surface area contributed by atoms with Crippen molar-refractivity contribution in [1.82, 2.24) is 15.2 Å². The lowest BCUT2D eigenvalue weighted by molar-refractivity contribution is -0.118. The maximum atomic E-state index is 12.6. The van der Waals surface area contributed by atoms with Gasteiger partial charge in [0.25, 0.3) is 5.91 Å². The Labute approximate surface area is 163 Å². The fourth-order valence-electron chi connectivity index (χ4n) is 2.82. The lowest BCUT2D eigenvalue weighted by Crippen LogP contribution is -2.35. The number of aromatic amines is 1. The molecular weight excluding hydrogens is 380 g/mol. The average molecular weight is 402 g/mol. The molecule has 0 atom stereocenters. The van der Waals surface area contributed by atoms with Crippen molar-refractivity contribution in [2.75, 3.05) is 38.3 Å². The zero-order chi connectivity index (χ0) is 20.3. The van der Waals surface area contributed by atoms with Crippen LogP contribution in [0.3, 0.4) is 0 Å². The predicted octanol–water partition coefficient (Wildman–Crippen LogP) is 0.959. The van der Waals surface area contributed by atoms with Gasteiger partial charge in [-0.05, 0) is 50.5 Å². The van der Waals surface area contributed by atoms with Gasteiger partial charge in [-0.1, -0.05) is 0 Å². The van der Waals surface area contributed by atoms with Crippen molar-refractivity contribution in [2.45, 2.75) is 4.90 Å². The third-order valence-corrected chi connectivity index (χ3v) is 5.87. The van der Waals surface area contributed by atoms with E-state index < -0.39 is 21.5 Å². The van der Waals surface area contributed by atoms with E-state index in [0.29, 0.717) is 29.9 Å². The van der Waals surface area contributed by atoms with Crippen LogP contribution in [0, 0.1) is 0 Å². The fourth-order valence-corrected chi connectivity index (χ4v) is 4.01. The Bertz CT molecular complexity index is 1020. The van der Waals surface area contributed by atoms with E-state index in [9.17, 15) is 18.0 Å². The number of sulfone groups is 1. The lowest BCUT2D eigenvalue weighted by atomic mass is 10.1. The topological polar surface area (TPSA) is 111 Å². The smallest absolute Gasteiger partial charge is 0.256 e. The molecule has 2 amide bonds. The minimum Gasteiger partial charge on any atom is -0.362 e. The molecule has 2 aromatic rings. The first-order valence-corrected chi connectivity index (χ1v) is 10.4. The SMILES string of the molecule is CN(C)CCNC(=O)CS(=O)(=O)c1ccc2c(c1)/C(=C/c1ccc[nH]1)C(=O)N2. The molecule has 0 spiro atoms. The van der Waals surface area contributed by atoms with Gasteiger partial charge in [0.05, 0.1) is 10.5 Å². The quantitative estimate of drug-likeness (QED) is 0.598. The number of anilines is 1. The highest BCUT2D eigenvalue weighted by atomic mass is 32.2. The molecule has 28 heavy (non-hydrogen) atoms. The van der Waals surface area contributed by atoms with Crippen LogP contribution in [0.2, 0.25) is 0 Å². The normalized spacial score (nSPS) is 15.0. The van der Waals surface area contributed by atoms with Crippen molar-refractivity contribution < 1.29 is 18.0 Å². The summed E-state index contributed by atoms with van der Waals surface area (Å²) in [6.07, 6.45) is 3.39. The van der Waals surface area contributed by atoms with Gasteiger partial charge in [-0.2, -0.15) is 0 Å². The molecule has 0 unspecified atom stereocenters. The second kappa shape index (κ2) is 7.99. The first kappa shape index (κ1) is 19.8. The number of nitrogens with zero attached hydrogens (tertiary/aromatic N) is 1. The number of hydrogen-bond donors (Lipinski definition) is 3. The van der Waals surface area contributed by atoms with Gasteiger partial charge in [0.2, 0.25) is 5.91 Å². The summed E-state index contributed by atoms with van der Waals surface area (Å²) in [5.74, 6) is -1.50. The number of hydrogen-bond acceptors (Lipinski definition) is 5. The Morgan fingerprint density at radius 1 is 1.25 bits per heavy atom. The molecule has 1 aliphatic heterocycles. The van der Waals surface area contributed by atoms with E-state index in [-0.39, 0.29) is 10.8 Å². The minimum atomic E-state index is -3.83. The Morgan fingerprint density at radius 3 is 2.71 bits per heavy atom. The Hall–Kier alpha value is -2.91. The average Bonchev–Trinajstić information content (AvgIpc) is 3.22. The molecule has 1 aromatic heterocycles. The largest absolute Gasteiger partial charge is 0.362 e. The van der Waals surface area contributed by atoms with Gasteiger partial charge < -0.3 is 20.5 Å². The molecule has 8 nitrogen and oxygen atoms in total. The van der Waals surface area contributed by atoms with Crippen molar-refractivity contribution in [3.8, 4) is 0 Å². The van der Waals surface area contributed by atoms with E-state index >= 15 is 0 Å². The Balaban J connectivity index is 1.82. The second-order valence-electron chi connectivity index (χ2n) is 6.76. The van der Waals surface area contributed by atoms with Crippen LogP contribution >= 0.6 is 0 Å². The standard InChI is InChI=1S/C19H22N4O4S/c1-23(2)9-8-21-18(24)12-28(26,27)14-5-6-17-15(11-14)16(19(25)22-17)10-13-4-3-7-20-13/h3-7,10-11,20H,8-9,12H2,1-2H3,(H,21,24)(H,22,25)/b16-10-. The van der Waals surface area contributed by atoms with Crippen LogP contribution in [0.5, 0.6) is 0 Å².